The molecular formula is C15H22N6OS. The monoisotopic (exact) mass is 334 g/mol. The number of carbonyl (C=O) groups is 1. The minimum Gasteiger partial charge on any atom is -0.368 e. The Morgan fingerprint density at radius 3 is 2.57 bits per heavy atom. The van der Waals surface area contributed by atoms with Gasteiger partial charge in [0.05, 0.1) is 10.7 Å². The molecule has 0 aromatic carbocycles. The number of aryl methyl sites for hydroxylation is 3. The molecule has 3 N–H and O–H groups in total. The van der Waals surface area contributed by atoms with E-state index in [1.807, 2.05) is 33.8 Å². The van der Waals surface area contributed by atoms with Gasteiger partial charge in [0.1, 0.15) is 10.7 Å². The Morgan fingerprint density at radius 1 is 1.13 bits per heavy atom. The quantitative estimate of drug-likeness (QED) is 0.672. The highest BCUT2D eigenvalue weighted by Gasteiger charge is 2.12. The second-order valence-corrected chi connectivity index (χ2v) is 6.28. The van der Waals surface area contributed by atoms with Crippen molar-refractivity contribution in [1.82, 2.24) is 20.3 Å². The first-order valence-corrected chi connectivity index (χ1v) is 8.37. The molecule has 0 unspecified atom stereocenters. The maximum atomic E-state index is 12.1. The lowest BCUT2D eigenvalue weighted by atomic mass is 10.3. The highest BCUT2D eigenvalue weighted by Crippen LogP contribution is 2.16. The van der Waals surface area contributed by atoms with Gasteiger partial charge < -0.3 is 16.0 Å². The van der Waals surface area contributed by atoms with Crippen LogP contribution in [0.25, 0.3) is 0 Å². The first-order valence-electron chi connectivity index (χ1n) is 7.55. The van der Waals surface area contributed by atoms with Crippen LogP contribution in [0, 0.1) is 20.8 Å². The molecule has 0 radical (unpaired) electrons. The topological polar surface area (TPSA) is 91.8 Å². The van der Waals surface area contributed by atoms with Crippen molar-refractivity contribution >= 4 is 29.0 Å². The highest BCUT2D eigenvalue weighted by atomic mass is 32.1. The summed E-state index contributed by atoms with van der Waals surface area (Å²) in [4.78, 5) is 25.7. The Morgan fingerprint density at radius 2 is 1.91 bits per heavy atom. The van der Waals surface area contributed by atoms with Crippen LogP contribution in [0.1, 0.15) is 33.0 Å². The largest absolute Gasteiger partial charge is 0.368 e. The van der Waals surface area contributed by atoms with Crippen LogP contribution < -0.4 is 16.0 Å². The second kappa shape index (κ2) is 7.87. The fourth-order valence-electron chi connectivity index (χ4n) is 2.09. The molecule has 0 saturated heterocycles. The van der Waals surface area contributed by atoms with Gasteiger partial charge in [0.15, 0.2) is 0 Å². The maximum Gasteiger partial charge on any atom is 0.263 e. The van der Waals surface area contributed by atoms with E-state index in [-0.39, 0.29) is 5.91 Å². The average molecular weight is 334 g/mol. The van der Waals surface area contributed by atoms with Crippen molar-refractivity contribution in [3.8, 4) is 0 Å². The summed E-state index contributed by atoms with van der Waals surface area (Å²) < 4.78 is 0. The lowest BCUT2D eigenvalue weighted by Gasteiger charge is -2.09. The van der Waals surface area contributed by atoms with Crippen molar-refractivity contribution < 1.29 is 4.79 Å². The van der Waals surface area contributed by atoms with Gasteiger partial charge in [-0.05, 0) is 27.7 Å². The number of thiazole rings is 1. The second-order valence-electron chi connectivity index (χ2n) is 5.08. The third-order valence-corrected chi connectivity index (χ3v) is 4.09. The van der Waals surface area contributed by atoms with Gasteiger partial charge >= 0.3 is 0 Å². The van der Waals surface area contributed by atoms with Crippen LogP contribution in [0.15, 0.2) is 6.07 Å². The van der Waals surface area contributed by atoms with E-state index in [0.29, 0.717) is 23.9 Å². The molecule has 23 heavy (non-hydrogen) atoms. The van der Waals surface area contributed by atoms with Crippen molar-refractivity contribution in [3.63, 3.8) is 0 Å². The van der Waals surface area contributed by atoms with Crippen LogP contribution in [0.5, 0.6) is 0 Å². The summed E-state index contributed by atoms with van der Waals surface area (Å²) in [5.41, 5.74) is 1.66. The van der Waals surface area contributed by atoms with E-state index >= 15 is 0 Å². The fourth-order valence-corrected chi connectivity index (χ4v) is 2.92. The number of hydrogen-bond donors (Lipinski definition) is 3. The number of nitrogens with zero attached hydrogens (tertiary/aromatic N) is 3. The first-order chi connectivity index (χ1) is 11.0. The third kappa shape index (κ3) is 4.88. The van der Waals surface area contributed by atoms with E-state index in [1.54, 1.807) is 0 Å². The molecule has 1 amide bonds. The fraction of sp³-hybridized carbons (Fsp3) is 0.467. The van der Waals surface area contributed by atoms with Gasteiger partial charge in [-0.1, -0.05) is 0 Å². The normalized spacial score (nSPS) is 10.4. The molecule has 0 aliphatic carbocycles. The zero-order chi connectivity index (χ0) is 16.8. The summed E-state index contributed by atoms with van der Waals surface area (Å²) in [5, 5.41) is 10.1. The van der Waals surface area contributed by atoms with E-state index < -0.39 is 0 Å². The minimum absolute atomic E-state index is 0.0814. The predicted molar refractivity (Wildman–Crippen MR) is 93.3 cm³/mol. The van der Waals surface area contributed by atoms with Gasteiger partial charge in [0.2, 0.25) is 5.95 Å². The molecular weight excluding hydrogens is 312 g/mol. The Kier molecular flexibility index (Phi) is 5.86. The summed E-state index contributed by atoms with van der Waals surface area (Å²) in [6.07, 6.45) is 0. The van der Waals surface area contributed by atoms with Gasteiger partial charge in [0.25, 0.3) is 5.91 Å². The highest BCUT2D eigenvalue weighted by molar-refractivity contribution is 7.13. The molecule has 7 nitrogen and oxygen atoms in total. The maximum absolute atomic E-state index is 12.1. The molecule has 0 saturated carbocycles. The molecule has 0 fully saturated rings. The number of amides is 1. The van der Waals surface area contributed by atoms with Crippen molar-refractivity contribution in [2.24, 2.45) is 0 Å². The summed E-state index contributed by atoms with van der Waals surface area (Å²) >= 11 is 1.41. The Hall–Kier alpha value is -2.22. The van der Waals surface area contributed by atoms with Crippen molar-refractivity contribution in [2.75, 3.05) is 30.3 Å². The Bertz CT molecular complexity index is 685. The van der Waals surface area contributed by atoms with Gasteiger partial charge in [-0.15, -0.1) is 11.3 Å². The van der Waals surface area contributed by atoms with Crippen molar-refractivity contribution in [2.45, 2.75) is 27.7 Å². The average Bonchev–Trinajstić information content (AvgIpc) is 2.82. The third-order valence-electron chi connectivity index (χ3n) is 3.02. The molecule has 0 atom stereocenters. The van der Waals surface area contributed by atoms with Crippen molar-refractivity contribution in [1.29, 1.82) is 0 Å². The van der Waals surface area contributed by atoms with Gasteiger partial charge in [-0.25, -0.2) is 9.97 Å². The molecule has 2 rings (SSSR count). The van der Waals surface area contributed by atoms with E-state index in [9.17, 15) is 4.79 Å². The van der Waals surface area contributed by atoms with Crippen LogP contribution in [-0.4, -0.2) is 40.5 Å². The zero-order valence-corrected chi connectivity index (χ0v) is 14.7. The number of aromatic nitrogens is 3. The Balaban J connectivity index is 1.83. The number of hydrogen-bond acceptors (Lipinski definition) is 7. The molecule has 2 aromatic rings. The van der Waals surface area contributed by atoms with Gasteiger partial charge in [0, 0.05) is 31.4 Å². The van der Waals surface area contributed by atoms with Crippen LogP contribution in [0.3, 0.4) is 0 Å². The molecule has 2 heterocycles. The van der Waals surface area contributed by atoms with Crippen LogP contribution in [0.4, 0.5) is 11.8 Å². The SMILES string of the molecule is CCNc1nc(C)cc(NCCNC(=O)c2sc(C)nc2C)n1. The Labute approximate surface area is 140 Å². The standard InChI is InChI=1S/C15H22N6OS/c1-5-16-15-19-9(2)8-12(21-15)17-6-7-18-14(22)13-10(3)20-11(4)23-13/h8H,5-7H2,1-4H3,(H,18,22)(H2,16,17,19,21). The molecule has 0 aliphatic rings. The lowest BCUT2D eigenvalue weighted by Crippen LogP contribution is -2.28. The zero-order valence-electron chi connectivity index (χ0n) is 13.9. The predicted octanol–water partition coefficient (Wildman–Crippen LogP) is 2.13. The number of carbonyl (C=O) groups excluding carboxylic acids is 1. The molecule has 0 aliphatic heterocycles. The van der Waals surface area contributed by atoms with E-state index in [4.69, 9.17) is 0 Å². The smallest absolute Gasteiger partial charge is 0.263 e. The number of anilines is 2. The van der Waals surface area contributed by atoms with Gasteiger partial charge in [-0.2, -0.15) is 4.98 Å². The van der Waals surface area contributed by atoms with Crippen LogP contribution >= 0.6 is 11.3 Å². The van der Waals surface area contributed by atoms with E-state index in [2.05, 4.69) is 30.9 Å². The molecule has 124 valence electrons. The van der Waals surface area contributed by atoms with Crippen molar-refractivity contribution in [3.05, 3.63) is 27.3 Å². The summed E-state index contributed by atoms with van der Waals surface area (Å²) in [7, 11) is 0. The molecule has 2 aromatic heterocycles. The minimum atomic E-state index is -0.0814. The summed E-state index contributed by atoms with van der Waals surface area (Å²) in [6, 6.07) is 1.87. The summed E-state index contributed by atoms with van der Waals surface area (Å²) in [5.74, 6) is 1.27. The molecule has 0 spiro atoms. The number of nitrogens with one attached hydrogen (secondary N) is 3. The lowest BCUT2D eigenvalue weighted by molar-refractivity contribution is 0.0958. The van der Waals surface area contributed by atoms with Crippen LogP contribution in [-0.2, 0) is 0 Å². The summed E-state index contributed by atoms with van der Waals surface area (Å²) in [6.45, 7) is 9.53. The van der Waals surface area contributed by atoms with Gasteiger partial charge in [-0.3, -0.25) is 4.79 Å². The molecule has 0 bridgehead atoms. The molecule has 8 heteroatoms. The van der Waals surface area contributed by atoms with E-state index in [1.165, 1.54) is 11.3 Å². The van der Waals surface area contributed by atoms with Crippen LogP contribution in [0.2, 0.25) is 0 Å². The van der Waals surface area contributed by atoms with E-state index in [0.717, 1.165) is 28.8 Å². The number of rotatable bonds is 7. The first kappa shape index (κ1) is 17.1.